The number of amides is 1. The van der Waals surface area contributed by atoms with E-state index in [-0.39, 0.29) is 17.4 Å². The van der Waals surface area contributed by atoms with Crippen molar-refractivity contribution in [2.45, 2.75) is 6.54 Å². The number of hydrogen-bond donors (Lipinski definition) is 1. The second-order valence-electron chi connectivity index (χ2n) is 3.72. The number of nitrogens with two attached hydrogens (primary N) is 1. The van der Waals surface area contributed by atoms with Crippen LogP contribution in [0.5, 0.6) is 0 Å². The van der Waals surface area contributed by atoms with Crippen molar-refractivity contribution in [3.63, 3.8) is 0 Å². The molecule has 2 aromatic heterocycles. The maximum atomic E-state index is 12.1. The average Bonchev–Trinajstić information content (AvgIpc) is 2.73. The molecule has 2 rings (SSSR count). The first-order valence-electron chi connectivity index (χ1n) is 5.12. The number of anilines is 1. The Labute approximate surface area is 117 Å². The Hall–Kier alpha value is -1.47. The smallest absolute Gasteiger partial charge is 0.274 e. The van der Waals surface area contributed by atoms with Gasteiger partial charge in [-0.2, -0.15) is 0 Å². The van der Waals surface area contributed by atoms with Crippen molar-refractivity contribution in [3.05, 3.63) is 38.9 Å². The Balaban J connectivity index is 2.09. The van der Waals surface area contributed by atoms with Crippen LogP contribution in [0.1, 0.15) is 15.4 Å². The lowest BCUT2D eigenvalue weighted by Crippen LogP contribution is -2.27. The van der Waals surface area contributed by atoms with E-state index in [1.165, 1.54) is 12.4 Å². The fourth-order valence-electron chi connectivity index (χ4n) is 1.42. The van der Waals surface area contributed by atoms with E-state index in [1.807, 2.05) is 11.4 Å². The molecule has 0 radical (unpaired) electrons. The number of hydrogen-bond acceptors (Lipinski definition) is 5. The molecule has 0 aromatic carbocycles. The van der Waals surface area contributed by atoms with Crippen LogP contribution in [0.2, 0.25) is 0 Å². The largest absolute Gasteiger partial charge is 0.382 e. The van der Waals surface area contributed by atoms with Crippen molar-refractivity contribution in [2.75, 3.05) is 12.8 Å². The van der Waals surface area contributed by atoms with E-state index in [0.29, 0.717) is 6.54 Å². The van der Waals surface area contributed by atoms with Crippen molar-refractivity contribution in [2.24, 2.45) is 0 Å². The van der Waals surface area contributed by atoms with Gasteiger partial charge in [-0.05, 0) is 22.0 Å². The summed E-state index contributed by atoms with van der Waals surface area (Å²) in [5.74, 6) is 0.0486. The van der Waals surface area contributed by atoms with Gasteiger partial charge in [-0.25, -0.2) is 4.98 Å². The molecule has 5 nitrogen and oxygen atoms in total. The Kier molecular flexibility index (Phi) is 3.93. The molecule has 0 bridgehead atoms. The molecular formula is C11H11BrN4OS. The predicted octanol–water partition coefficient (Wildman–Crippen LogP) is 2.15. The maximum Gasteiger partial charge on any atom is 0.274 e. The summed E-state index contributed by atoms with van der Waals surface area (Å²) >= 11 is 4.97. The summed E-state index contributed by atoms with van der Waals surface area (Å²) in [5.41, 5.74) is 5.76. The van der Waals surface area contributed by atoms with Crippen LogP contribution in [0, 0.1) is 0 Å². The quantitative estimate of drug-likeness (QED) is 0.938. The highest BCUT2D eigenvalue weighted by molar-refractivity contribution is 9.10. The first kappa shape index (κ1) is 13.0. The van der Waals surface area contributed by atoms with Crippen molar-refractivity contribution in [3.8, 4) is 0 Å². The van der Waals surface area contributed by atoms with Crippen LogP contribution in [-0.2, 0) is 6.54 Å². The van der Waals surface area contributed by atoms with E-state index < -0.39 is 0 Å². The van der Waals surface area contributed by atoms with Gasteiger partial charge in [0.05, 0.1) is 18.9 Å². The topological polar surface area (TPSA) is 72.1 Å². The van der Waals surface area contributed by atoms with E-state index in [1.54, 1.807) is 23.3 Å². The highest BCUT2D eigenvalue weighted by Crippen LogP contribution is 2.21. The van der Waals surface area contributed by atoms with Crippen LogP contribution in [-0.4, -0.2) is 27.8 Å². The monoisotopic (exact) mass is 326 g/mol. The molecule has 2 aromatic rings. The van der Waals surface area contributed by atoms with Crippen LogP contribution in [0.3, 0.4) is 0 Å². The van der Waals surface area contributed by atoms with E-state index in [2.05, 4.69) is 25.9 Å². The van der Waals surface area contributed by atoms with Gasteiger partial charge in [0.1, 0.15) is 11.5 Å². The van der Waals surface area contributed by atoms with E-state index in [9.17, 15) is 4.79 Å². The lowest BCUT2D eigenvalue weighted by atomic mass is 10.3. The predicted molar refractivity (Wildman–Crippen MR) is 74.3 cm³/mol. The molecule has 0 atom stereocenters. The van der Waals surface area contributed by atoms with Gasteiger partial charge in [-0.3, -0.25) is 9.78 Å². The number of rotatable bonds is 3. The van der Waals surface area contributed by atoms with Crippen molar-refractivity contribution in [1.82, 2.24) is 14.9 Å². The van der Waals surface area contributed by atoms with Crippen LogP contribution >= 0.6 is 27.3 Å². The Bertz CT molecular complexity index is 572. The normalized spacial score (nSPS) is 10.3. The second kappa shape index (κ2) is 5.45. The summed E-state index contributed by atoms with van der Waals surface area (Å²) in [6, 6.07) is 1.99. The van der Waals surface area contributed by atoms with Gasteiger partial charge in [-0.15, -0.1) is 11.3 Å². The van der Waals surface area contributed by atoms with Crippen molar-refractivity contribution >= 4 is 39.0 Å². The number of nitrogens with zero attached hydrogens (tertiary/aromatic N) is 3. The average molecular weight is 327 g/mol. The third-order valence-corrected chi connectivity index (χ3v) is 3.92. The third-order valence-electron chi connectivity index (χ3n) is 2.23. The molecule has 0 fully saturated rings. The lowest BCUT2D eigenvalue weighted by molar-refractivity contribution is 0.0780. The zero-order valence-corrected chi connectivity index (χ0v) is 12.0. The first-order chi connectivity index (χ1) is 8.56. The standard InChI is InChI=1S/C11H11BrN4OS/c1-16(5-8-2-7(12)6-18-8)11(17)9-3-14-4-10(13)15-9/h2-4,6H,5H2,1H3,(H2,13,15). The molecule has 0 saturated carbocycles. The SMILES string of the molecule is CN(Cc1cc(Br)cs1)C(=O)c1cncc(N)n1. The molecule has 2 heterocycles. The molecule has 0 aliphatic carbocycles. The molecule has 0 aliphatic heterocycles. The van der Waals surface area contributed by atoms with Gasteiger partial charge in [0, 0.05) is 21.8 Å². The zero-order chi connectivity index (χ0) is 13.1. The summed E-state index contributed by atoms with van der Waals surface area (Å²) in [7, 11) is 1.72. The van der Waals surface area contributed by atoms with Gasteiger partial charge >= 0.3 is 0 Å². The van der Waals surface area contributed by atoms with Crippen molar-refractivity contribution < 1.29 is 4.79 Å². The maximum absolute atomic E-state index is 12.1. The minimum atomic E-state index is -0.195. The van der Waals surface area contributed by atoms with Gasteiger partial charge in [0.25, 0.3) is 5.91 Å². The minimum absolute atomic E-state index is 0.195. The van der Waals surface area contributed by atoms with E-state index in [0.717, 1.165) is 9.35 Å². The first-order valence-corrected chi connectivity index (χ1v) is 6.79. The fourth-order valence-corrected chi connectivity index (χ4v) is 2.93. The van der Waals surface area contributed by atoms with E-state index >= 15 is 0 Å². The number of thiophene rings is 1. The van der Waals surface area contributed by atoms with Crippen LogP contribution < -0.4 is 5.73 Å². The minimum Gasteiger partial charge on any atom is -0.382 e. The Morgan fingerprint density at radius 1 is 1.56 bits per heavy atom. The number of carbonyl (C=O) groups is 1. The van der Waals surface area contributed by atoms with Gasteiger partial charge in [-0.1, -0.05) is 0 Å². The van der Waals surface area contributed by atoms with Gasteiger partial charge in [0.15, 0.2) is 0 Å². The number of carbonyl (C=O) groups excluding carboxylic acids is 1. The van der Waals surface area contributed by atoms with E-state index in [4.69, 9.17) is 5.73 Å². The summed E-state index contributed by atoms with van der Waals surface area (Å²) in [5, 5.41) is 1.98. The zero-order valence-electron chi connectivity index (χ0n) is 9.63. The number of aromatic nitrogens is 2. The van der Waals surface area contributed by atoms with Crippen LogP contribution in [0.25, 0.3) is 0 Å². The van der Waals surface area contributed by atoms with Crippen LogP contribution in [0.4, 0.5) is 5.82 Å². The summed E-state index contributed by atoms with van der Waals surface area (Å²) < 4.78 is 1.02. The molecule has 0 unspecified atom stereocenters. The summed E-state index contributed by atoms with van der Waals surface area (Å²) in [6.45, 7) is 0.533. The number of halogens is 1. The Morgan fingerprint density at radius 2 is 2.33 bits per heavy atom. The fraction of sp³-hybridized carbons (Fsp3) is 0.182. The molecule has 1 amide bonds. The van der Waals surface area contributed by atoms with Gasteiger partial charge < -0.3 is 10.6 Å². The highest BCUT2D eigenvalue weighted by Gasteiger charge is 2.14. The van der Waals surface area contributed by atoms with Crippen LogP contribution in [0.15, 0.2) is 28.3 Å². The number of nitrogen functional groups attached to an aromatic ring is 1. The summed E-state index contributed by atoms with van der Waals surface area (Å²) in [4.78, 5) is 22.6. The molecule has 0 spiro atoms. The third kappa shape index (κ3) is 3.05. The van der Waals surface area contributed by atoms with Crippen molar-refractivity contribution in [1.29, 1.82) is 0 Å². The molecule has 18 heavy (non-hydrogen) atoms. The lowest BCUT2D eigenvalue weighted by Gasteiger charge is -2.15. The molecule has 2 N–H and O–H groups in total. The Morgan fingerprint density at radius 3 is 2.94 bits per heavy atom. The second-order valence-corrected chi connectivity index (χ2v) is 5.63. The van der Waals surface area contributed by atoms with Gasteiger partial charge in [0.2, 0.25) is 0 Å². The molecule has 7 heteroatoms. The molecule has 94 valence electrons. The molecule has 0 aliphatic rings. The molecular weight excluding hydrogens is 316 g/mol. The molecule has 0 saturated heterocycles. The highest BCUT2D eigenvalue weighted by atomic mass is 79.9. The summed E-state index contributed by atoms with van der Waals surface area (Å²) in [6.07, 6.45) is 2.83.